The molecule has 0 saturated carbocycles. The van der Waals surface area contributed by atoms with Gasteiger partial charge in [0.15, 0.2) is 0 Å². The molecule has 0 aromatic heterocycles. The summed E-state index contributed by atoms with van der Waals surface area (Å²) in [5.74, 6) is 1.33. The molecule has 1 aliphatic rings. The van der Waals surface area contributed by atoms with Crippen LogP contribution < -0.4 is 5.32 Å². The van der Waals surface area contributed by atoms with Crippen molar-refractivity contribution in [1.82, 2.24) is 10.2 Å². The van der Waals surface area contributed by atoms with Crippen molar-refractivity contribution in [2.75, 3.05) is 20.1 Å². The van der Waals surface area contributed by atoms with E-state index in [1.54, 1.807) is 0 Å². The van der Waals surface area contributed by atoms with E-state index in [9.17, 15) is 0 Å². The molecule has 19 heavy (non-hydrogen) atoms. The summed E-state index contributed by atoms with van der Waals surface area (Å²) in [4.78, 5) is 2.48. The van der Waals surface area contributed by atoms with Gasteiger partial charge < -0.3 is 10.2 Å². The summed E-state index contributed by atoms with van der Waals surface area (Å²) in [6, 6.07) is 12.2. The highest BCUT2D eigenvalue weighted by molar-refractivity contribution is 5.19. The van der Waals surface area contributed by atoms with Crippen molar-refractivity contribution in [3.05, 3.63) is 35.9 Å². The van der Waals surface area contributed by atoms with Crippen LogP contribution in [-0.4, -0.2) is 37.1 Å². The second-order valence-electron chi connectivity index (χ2n) is 6.33. The molecule has 1 heterocycles. The number of nitrogens with zero attached hydrogens (tertiary/aromatic N) is 1. The highest BCUT2D eigenvalue weighted by Gasteiger charge is 2.28. The minimum Gasteiger partial charge on any atom is -0.313 e. The van der Waals surface area contributed by atoms with Gasteiger partial charge in [-0.3, -0.25) is 0 Å². The van der Waals surface area contributed by atoms with Gasteiger partial charge >= 0.3 is 0 Å². The number of hydrogen-bond donors (Lipinski definition) is 1. The average molecular weight is 260 g/mol. The van der Waals surface area contributed by atoms with Gasteiger partial charge in [0.1, 0.15) is 0 Å². The maximum atomic E-state index is 3.79. The maximum absolute atomic E-state index is 3.79. The number of nitrogens with one attached hydrogen (secondary N) is 1. The molecular formula is C17H28N2. The SMILES string of the molecule is CC(CNC1CC(C)N(C)CC1C)c1ccccc1. The van der Waals surface area contributed by atoms with Crippen molar-refractivity contribution in [2.24, 2.45) is 5.92 Å². The van der Waals surface area contributed by atoms with Crippen LogP contribution >= 0.6 is 0 Å². The topological polar surface area (TPSA) is 15.3 Å². The van der Waals surface area contributed by atoms with Crippen molar-refractivity contribution in [3.8, 4) is 0 Å². The fourth-order valence-electron chi connectivity index (χ4n) is 3.05. The van der Waals surface area contributed by atoms with Crippen molar-refractivity contribution in [1.29, 1.82) is 0 Å². The lowest BCUT2D eigenvalue weighted by atomic mass is 9.89. The first-order valence-electron chi connectivity index (χ1n) is 7.56. The van der Waals surface area contributed by atoms with Crippen LogP contribution in [0.3, 0.4) is 0 Å². The smallest absolute Gasteiger partial charge is 0.0120 e. The van der Waals surface area contributed by atoms with Crippen molar-refractivity contribution in [3.63, 3.8) is 0 Å². The number of benzene rings is 1. The van der Waals surface area contributed by atoms with E-state index < -0.39 is 0 Å². The van der Waals surface area contributed by atoms with Crippen LogP contribution in [0.15, 0.2) is 30.3 Å². The zero-order chi connectivity index (χ0) is 13.8. The molecule has 106 valence electrons. The molecule has 4 atom stereocenters. The molecule has 1 N–H and O–H groups in total. The summed E-state index contributed by atoms with van der Waals surface area (Å²) in [6.45, 7) is 9.30. The van der Waals surface area contributed by atoms with Crippen LogP contribution in [0.1, 0.15) is 38.7 Å². The van der Waals surface area contributed by atoms with Gasteiger partial charge in [-0.25, -0.2) is 0 Å². The van der Waals surface area contributed by atoms with E-state index in [0.717, 1.165) is 12.5 Å². The number of hydrogen-bond acceptors (Lipinski definition) is 2. The second kappa shape index (κ2) is 6.53. The predicted octanol–water partition coefficient (Wildman–Crippen LogP) is 3.11. The van der Waals surface area contributed by atoms with Crippen LogP contribution in [0.4, 0.5) is 0 Å². The van der Waals surface area contributed by atoms with Crippen LogP contribution in [-0.2, 0) is 0 Å². The summed E-state index contributed by atoms with van der Waals surface area (Å²) in [5, 5.41) is 3.79. The van der Waals surface area contributed by atoms with Crippen molar-refractivity contribution < 1.29 is 0 Å². The van der Waals surface area contributed by atoms with Gasteiger partial charge in [0.2, 0.25) is 0 Å². The maximum Gasteiger partial charge on any atom is 0.0120 e. The van der Waals surface area contributed by atoms with Crippen molar-refractivity contribution >= 4 is 0 Å². The Morgan fingerprint density at radius 2 is 1.95 bits per heavy atom. The van der Waals surface area contributed by atoms with Crippen LogP contribution in [0.2, 0.25) is 0 Å². The molecule has 2 heteroatoms. The molecular weight excluding hydrogens is 232 g/mol. The first-order valence-corrected chi connectivity index (χ1v) is 7.56. The van der Waals surface area contributed by atoms with Gasteiger partial charge in [0, 0.05) is 25.2 Å². The molecule has 1 fully saturated rings. The summed E-state index contributed by atoms with van der Waals surface area (Å²) in [7, 11) is 2.24. The molecule has 2 nitrogen and oxygen atoms in total. The van der Waals surface area contributed by atoms with E-state index in [0.29, 0.717) is 18.0 Å². The first kappa shape index (κ1) is 14.5. The minimum absolute atomic E-state index is 0.586. The Morgan fingerprint density at radius 1 is 1.26 bits per heavy atom. The van der Waals surface area contributed by atoms with Crippen LogP contribution in [0.25, 0.3) is 0 Å². The molecule has 1 aromatic rings. The monoisotopic (exact) mass is 260 g/mol. The van der Waals surface area contributed by atoms with Gasteiger partial charge in [0.25, 0.3) is 0 Å². The zero-order valence-corrected chi connectivity index (χ0v) is 12.8. The van der Waals surface area contributed by atoms with Crippen molar-refractivity contribution in [2.45, 2.75) is 45.2 Å². The van der Waals surface area contributed by atoms with E-state index in [1.165, 1.54) is 18.5 Å². The lowest BCUT2D eigenvalue weighted by Crippen LogP contribution is -2.51. The Morgan fingerprint density at radius 3 is 2.63 bits per heavy atom. The van der Waals surface area contributed by atoms with E-state index in [4.69, 9.17) is 0 Å². The number of rotatable bonds is 4. The Bertz CT molecular complexity index is 376. The summed E-state index contributed by atoms with van der Waals surface area (Å²) in [5.41, 5.74) is 1.43. The Labute approximate surface area is 118 Å². The minimum atomic E-state index is 0.586. The third-order valence-corrected chi connectivity index (χ3v) is 4.67. The molecule has 1 saturated heterocycles. The highest BCUT2D eigenvalue weighted by Crippen LogP contribution is 2.22. The molecule has 1 aromatic carbocycles. The molecule has 0 bridgehead atoms. The number of likely N-dealkylation sites (tertiary alicyclic amines) is 1. The average Bonchev–Trinajstić information content (AvgIpc) is 2.42. The third kappa shape index (κ3) is 3.80. The zero-order valence-electron chi connectivity index (χ0n) is 12.8. The molecule has 0 spiro atoms. The summed E-state index contributed by atoms with van der Waals surface area (Å²) in [6.07, 6.45) is 1.26. The Hall–Kier alpha value is -0.860. The normalized spacial score (nSPS) is 30.2. The van der Waals surface area contributed by atoms with Gasteiger partial charge in [-0.1, -0.05) is 44.2 Å². The predicted molar refractivity (Wildman–Crippen MR) is 82.5 cm³/mol. The van der Waals surface area contributed by atoms with Gasteiger partial charge in [-0.15, -0.1) is 0 Å². The summed E-state index contributed by atoms with van der Waals surface area (Å²) < 4.78 is 0. The van der Waals surface area contributed by atoms with Crippen LogP contribution in [0, 0.1) is 5.92 Å². The van der Waals surface area contributed by atoms with Gasteiger partial charge in [-0.05, 0) is 37.8 Å². The highest BCUT2D eigenvalue weighted by atomic mass is 15.2. The molecule has 0 amide bonds. The van der Waals surface area contributed by atoms with Gasteiger partial charge in [0.05, 0.1) is 0 Å². The molecule has 1 aliphatic heterocycles. The quantitative estimate of drug-likeness (QED) is 0.895. The lowest BCUT2D eigenvalue weighted by Gasteiger charge is -2.40. The largest absolute Gasteiger partial charge is 0.313 e. The van der Waals surface area contributed by atoms with E-state index in [-0.39, 0.29) is 0 Å². The fourth-order valence-corrected chi connectivity index (χ4v) is 3.05. The molecule has 4 unspecified atom stereocenters. The molecule has 0 aliphatic carbocycles. The van der Waals surface area contributed by atoms with Gasteiger partial charge in [-0.2, -0.15) is 0 Å². The Balaban J connectivity index is 1.85. The lowest BCUT2D eigenvalue weighted by molar-refractivity contribution is 0.121. The standard InChI is InChI=1S/C17H28N2/c1-13(16-8-6-5-7-9-16)11-18-17-10-15(3)19(4)12-14(17)2/h5-9,13-15,17-18H,10-12H2,1-4H3. The van der Waals surface area contributed by atoms with E-state index in [1.807, 2.05) is 0 Å². The fraction of sp³-hybridized carbons (Fsp3) is 0.647. The third-order valence-electron chi connectivity index (χ3n) is 4.67. The Kier molecular flexibility index (Phi) is 5.00. The van der Waals surface area contributed by atoms with E-state index >= 15 is 0 Å². The molecule has 2 rings (SSSR count). The first-order chi connectivity index (χ1) is 9.08. The number of piperidine rings is 1. The second-order valence-corrected chi connectivity index (χ2v) is 6.33. The van der Waals surface area contributed by atoms with E-state index in [2.05, 4.69) is 68.4 Å². The molecule has 0 radical (unpaired) electrons. The van der Waals surface area contributed by atoms with Crippen LogP contribution in [0.5, 0.6) is 0 Å². The summed E-state index contributed by atoms with van der Waals surface area (Å²) >= 11 is 0.